The molecule has 1 N–H and O–H groups in total. The van der Waals surface area contributed by atoms with Gasteiger partial charge in [-0.1, -0.05) is 12.1 Å². The van der Waals surface area contributed by atoms with E-state index in [4.69, 9.17) is 4.74 Å². The number of benzene rings is 1. The maximum Gasteiger partial charge on any atom is 0.252 e. The Hall–Kier alpha value is -2.48. The zero-order chi connectivity index (χ0) is 17.9. The van der Waals surface area contributed by atoms with E-state index in [2.05, 4.69) is 5.32 Å². The quantitative estimate of drug-likeness (QED) is 0.834. The highest BCUT2D eigenvalue weighted by Gasteiger charge is 2.40. The Labute approximate surface area is 139 Å². The number of nitrogens with one attached hydrogen (secondary N) is 1. The van der Waals surface area contributed by atoms with Gasteiger partial charge in [-0.15, -0.1) is 0 Å². The van der Waals surface area contributed by atoms with Crippen LogP contribution in [0.1, 0.15) is 11.6 Å². The highest BCUT2D eigenvalue weighted by Crippen LogP contribution is 2.29. The Morgan fingerprint density at radius 2 is 1.96 bits per heavy atom. The first-order valence-corrected chi connectivity index (χ1v) is 7.42. The van der Waals surface area contributed by atoms with E-state index in [9.17, 15) is 18.8 Å². The van der Waals surface area contributed by atoms with Gasteiger partial charge in [0.15, 0.2) is 6.10 Å². The third-order valence-electron chi connectivity index (χ3n) is 3.87. The fourth-order valence-corrected chi connectivity index (χ4v) is 2.41. The predicted octanol–water partition coefficient (Wildman–Crippen LogP) is -0.0716. The molecule has 0 saturated carbocycles. The van der Waals surface area contributed by atoms with Crippen LogP contribution in [0.25, 0.3) is 0 Å². The zero-order valence-corrected chi connectivity index (χ0v) is 13.8. The molecule has 24 heavy (non-hydrogen) atoms. The highest BCUT2D eigenvalue weighted by atomic mass is 19.1. The molecule has 1 aliphatic rings. The first-order chi connectivity index (χ1) is 11.3. The van der Waals surface area contributed by atoms with Gasteiger partial charge in [0.1, 0.15) is 12.4 Å². The molecule has 8 heteroatoms. The van der Waals surface area contributed by atoms with Crippen molar-refractivity contribution in [2.45, 2.75) is 12.1 Å². The third kappa shape index (κ3) is 3.88. The van der Waals surface area contributed by atoms with Crippen molar-refractivity contribution < 1.29 is 23.5 Å². The first kappa shape index (κ1) is 17.9. The number of rotatable bonds is 4. The lowest BCUT2D eigenvalue weighted by atomic mass is 9.97. The van der Waals surface area contributed by atoms with Gasteiger partial charge < -0.3 is 19.9 Å². The van der Waals surface area contributed by atoms with Crippen LogP contribution in [0.15, 0.2) is 24.3 Å². The molecule has 3 amide bonds. The molecule has 1 fully saturated rings. The smallest absolute Gasteiger partial charge is 0.252 e. The molecule has 0 bridgehead atoms. The summed E-state index contributed by atoms with van der Waals surface area (Å²) in [5.74, 6) is -1.46. The van der Waals surface area contributed by atoms with Crippen molar-refractivity contribution in [2.75, 3.05) is 34.3 Å². The number of ether oxygens (including phenoxy) is 1. The minimum atomic E-state index is -0.979. The van der Waals surface area contributed by atoms with Crippen LogP contribution in [0, 0.1) is 5.82 Å². The third-order valence-corrected chi connectivity index (χ3v) is 3.87. The summed E-state index contributed by atoms with van der Waals surface area (Å²) in [6.07, 6.45) is -0.979. The first-order valence-electron chi connectivity index (χ1n) is 7.42. The molecule has 0 radical (unpaired) electrons. The minimum absolute atomic E-state index is 0.167. The van der Waals surface area contributed by atoms with E-state index in [1.54, 1.807) is 21.1 Å². The lowest BCUT2D eigenvalue weighted by molar-refractivity contribution is -0.162. The largest absolute Gasteiger partial charge is 0.356 e. The van der Waals surface area contributed by atoms with Gasteiger partial charge in [0, 0.05) is 21.1 Å². The van der Waals surface area contributed by atoms with Crippen molar-refractivity contribution in [3.8, 4) is 0 Å². The van der Waals surface area contributed by atoms with Crippen molar-refractivity contribution in [1.82, 2.24) is 15.1 Å². The molecule has 7 nitrogen and oxygen atoms in total. The second-order valence-electron chi connectivity index (χ2n) is 5.74. The minimum Gasteiger partial charge on any atom is -0.356 e. The molecule has 0 unspecified atom stereocenters. The molecule has 0 aliphatic carbocycles. The van der Waals surface area contributed by atoms with Gasteiger partial charge in [0.05, 0.1) is 12.6 Å². The van der Waals surface area contributed by atoms with Gasteiger partial charge in [-0.3, -0.25) is 14.4 Å². The summed E-state index contributed by atoms with van der Waals surface area (Å²) in [7, 11) is 4.73. The molecule has 2 rings (SSSR count). The summed E-state index contributed by atoms with van der Waals surface area (Å²) >= 11 is 0. The van der Waals surface area contributed by atoms with Crippen molar-refractivity contribution in [3.05, 3.63) is 35.6 Å². The van der Waals surface area contributed by atoms with Gasteiger partial charge in [0.25, 0.3) is 5.91 Å². The van der Waals surface area contributed by atoms with Gasteiger partial charge >= 0.3 is 0 Å². The molecule has 0 aromatic heterocycles. The number of hydrogen-bond donors (Lipinski definition) is 1. The summed E-state index contributed by atoms with van der Waals surface area (Å²) in [5, 5.41) is 2.51. The fraction of sp³-hybridized carbons (Fsp3) is 0.438. The van der Waals surface area contributed by atoms with Crippen LogP contribution in [0.4, 0.5) is 4.39 Å². The van der Waals surface area contributed by atoms with Gasteiger partial charge in [-0.25, -0.2) is 4.39 Å². The van der Waals surface area contributed by atoms with E-state index in [1.165, 1.54) is 34.1 Å². The van der Waals surface area contributed by atoms with Crippen LogP contribution in [-0.4, -0.2) is 67.9 Å². The second kappa shape index (κ2) is 7.39. The maximum absolute atomic E-state index is 13.1. The molecule has 1 aromatic rings. The van der Waals surface area contributed by atoms with Gasteiger partial charge in [-0.2, -0.15) is 0 Å². The molecule has 2 atom stereocenters. The van der Waals surface area contributed by atoms with Crippen molar-refractivity contribution in [3.63, 3.8) is 0 Å². The second-order valence-corrected chi connectivity index (χ2v) is 5.74. The number of carbonyl (C=O) groups is 3. The number of halogens is 1. The van der Waals surface area contributed by atoms with E-state index >= 15 is 0 Å². The Balaban J connectivity index is 2.18. The summed E-state index contributed by atoms with van der Waals surface area (Å²) in [6.45, 7) is -0.395. The van der Waals surface area contributed by atoms with Crippen LogP contribution in [0.2, 0.25) is 0 Å². The van der Waals surface area contributed by atoms with E-state index in [1.807, 2.05) is 0 Å². The Kier molecular flexibility index (Phi) is 5.50. The lowest BCUT2D eigenvalue weighted by Gasteiger charge is -2.38. The van der Waals surface area contributed by atoms with Crippen LogP contribution in [0.5, 0.6) is 0 Å². The molecule has 130 valence electrons. The number of morpholine rings is 1. The monoisotopic (exact) mass is 337 g/mol. The average molecular weight is 337 g/mol. The van der Waals surface area contributed by atoms with Crippen molar-refractivity contribution in [1.29, 1.82) is 0 Å². The summed E-state index contributed by atoms with van der Waals surface area (Å²) in [6, 6.07) is 4.83. The van der Waals surface area contributed by atoms with E-state index in [-0.39, 0.29) is 25.0 Å². The molecular weight excluding hydrogens is 317 g/mol. The molecule has 1 aliphatic heterocycles. The number of likely N-dealkylation sites (N-methyl/N-ethyl adjacent to an activating group) is 2. The van der Waals surface area contributed by atoms with Gasteiger partial charge in [0.2, 0.25) is 11.8 Å². The van der Waals surface area contributed by atoms with Crippen molar-refractivity contribution in [2.24, 2.45) is 0 Å². The SMILES string of the molecule is CN(C)C(=O)CNC(=O)[C@H]1OCC(=O)N(C)[C@@H]1c1ccc(F)cc1. The number of hydrogen-bond acceptors (Lipinski definition) is 4. The summed E-state index contributed by atoms with van der Waals surface area (Å²) < 4.78 is 18.5. The summed E-state index contributed by atoms with van der Waals surface area (Å²) in [4.78, 5) is 38.7. The normalized spacial score (nSPS) is 20.7. The number of amides is 3. The van der Waals surface area contributed by atoms with Crippen LogP contribution in [-0.2, 0) is 19.1 Å². The summed E-state index contributed by atoms with van der Waals surface area (Å²) in [5.41, 5.74) is 0.575. The topological polar surface area (TPSA) is 79.0 Å². The van der Waals surface area contributed by atoms with E-state index in [0.717, 1.165) is 0 Å². The highest BCUT2D eigenvalue weighted by molar-refractivity contribution is 5.89. The lowest BCUT2D eigenvalue weighted by Crippen LogP contribution is -2.53. The van der Waals surface area contributed by atoms with Crippen LogP contribution >= 0.6 is 0 Å². The Bertz CT molecular complexity index is 633. The van der Waals surface area contributed by atoms with Crippen molar-refractivity contribution >= 4 is 17.7 Å². The molecular formula is C16H20FN3O4. The molecule has 0 spiro atoms. The van der Waals surface area contributed by atoms with Crippen LogP contribution < -0.4 is 5.32 Å². The predicted molar refractivity (Wildman–Crippen MR) is 83.4 cm³/mol. The fourth-order valence-electron chi connectivity index (χ4n) is 2.41. The number of carbonyl (C=O) groups excluding carboxylic acids is 3. The van der Waals surface area contributed by atoms with E-state index < -0.39 is 23.9 Å². The average Bonchev–Trinajstić information content (AvgIpc) is 2.55. The Morgan fingerprint density at radius 3 is 2.54 bits per heavy atom. The Morgan fingerprint density at radius 1 is 1.33 bits per heavy atom. The van der Waals surface area contributed by atoms with E-state index in [0.29, 0.717) is 5.56 Å². The molecule has 1 aromatic carbocycles. The maximum atomic E-state index is 13.1. The van der Waals surface area contributed by atoms with Gasteiger partial charge in [-0.05, 0) is 17.7 Å². The number of nitrogens with zero attached hydrogens (tertiary/aromatic N) is 2. The van der Waals surface area contributed by atoms with Crippen LogP contribution in [0.3, 0.4) is 0 Å². The molecule has 1 saturated heterocycles. The molecule has 1 heterocycles. The zero-order valence-electron chi connectivity index (χ0n) is 13.8. The standard InChI is InChI=1S/C16H20FN3O4/c1-19(2)12(21)8-18-16(23)15-14(20(3)13(22)9-24-15)10-4-6-11(17)7-5-10/h4-7,14-15H,8-9H2,1-3H3,(H,18,23)/t14-,15+/m1/s1.